The number of aromatic nitrogens is 6. The van der Waals surface area contributed by atoms with Crippen molar-refractivity contribution in [2.75, 3.05) is 11.9 Å². The molecule has 0 unspecified atom stereocenters. The molecule has 1 saturated carbocycles. The van der Waals surface area contributed by atoms with E-state index in [1.54, 1.807) is 10.8 Å². The van der Waals surface area contributed by atoms with Gasteiger partial charge >= 0.3 is 6.18 Å². The van der Waals surface area contributed by atoms with Gasteiger partial charge in [0.2, 0.25) is 5.91 Å². The molecule has 0 bridgehead atoms. The first-order valence-corrected chi connectivity index (χ1v) is 10.5. The van der Waals surface area contributed by atoms with E-state index in [2.05, 4.69) is 25.4 Å². The number of alkyl halides is 3. The smallest absolute Gasteiger partial charge is 0.394 e. The van der Waals surface area contributed by atoms with E-state index in [-0.39, 0.29) is 23.6 Å². The van der Waals surface area contributed by atoms with E-state index in [4.69, 9.17) is 0 Å². The Labute approximate surface area is 195 Å². The lowest BCUT2D eigenvalue weighted by molar-refractivity contribution is -0.141. The van der Waals surface area contributed by atoms with Crippen molar-refractivity contribution in [2.45, 2.75) is 31.1 Å². The molecule has 0 saturated heterocycles. The number of hydrogen-bond donors (Lipinski definition) is 2. The van der Waals surface area contributed by atoms with Gasteiger partial charge in [0.05, 0.1) is 29.6 Å². The van der Waals surface area contributed by atoms with Gasteiger partial charge in [0.1, 0.15) is 18.5 Å². The molecule has 0 spiro atoms. The summed E-state index contributed by atoms with van der Waals surface area (Å²) in [5.74, 6) is -1.03. The Morgan fingerprint density at radius 2 is 1.97 bits per heavy atom. The largest absolute Gasteiger partial charge is 0.435 e. The van der Waals surface area contributed by atoms with Gasteiger partial charge in [0.15, 0.2) is 11.5 Å². The van der Waals surface area contributed by atoms with Crippen molar-refractivity contribution in [1.82, 2.24) is 29.3 Å². The third kappa shape index (κ3) is 4.25. The first-order chi connectivity index (χ1) is 16.7. The summed E-state index contributed by atoms with van der Waals surface area (Å²) in [6, 6.07) is 2.19. The van der Waals surface area contributed by atoms with Gasteiger partial charge in [-0.2, -0.15) is 18.3 Å². The van der Waals surface area contributed by atoms with E-state index in [9.17, 15) is 27.9 Å². The zero-order valence-corrected chi connectivity index (χ0v) is 18.0. The topological polar surface area (TPSA) is 128 Å². The Kier molecular flexibility index (Phi) is 5.35. The summed E-state index contributed by atoms with van der Waals surface area (Å²) < 4.78 is 40.8. The van der Waals surface area contributed by atoms with Gasteiger partial charge in [-0.15, -0.1) is 0 Å². The summed E-state index contributed by atoms with van der Waals surface area (Å²) in [5, 5.41) is 16.2. The Bertz CT molecular complexity index is 1440. The molecular weight excluding hydrogens is 467 g/mol. The number of halogens is 3. The van der Waals surface area contributed by atoms with Crippen LogP contribution in [0.5, 0.6) is 0 Å². The number of fused-ring (bicyclic) bond motifs is 1. The van der Waals surface area contributed by atoms with Crippen molar-refractivity contribution in [2.24, 2.45) is 0 Å². The van der Waals surface area contributed by atoms with Crippen molar-refractivity contribution in [3.63, 3.8) is 0 Å². The second-order valence-corrected chi connectivity index (χ2v) is 8.29. The van der Waals surface area contributed by atoms with E-state index in [0.29, 0.717) is 16.6 Å². The summed E-state index contributed by atoms with van der Waals surface area (Å²) in [5.41, 5.74) is -0.364. The Morgan fingerprint density at radius 3 is 2.66 bits per heavy atom. The highest BCUT2D eigenvalue weighted by Gasteiger charge is 2.45. The summed E-state index contributed by atoms with van der Waals surface area (Å²) >= 11 is 0. The highest BCUT2D eigenvalue weighted by molar-refractivity contribution is 6.16. The zero-order valence-electron chi connectivity index (χ0n) is 18.0. The number of anilines is 1. The molecule has 0 radical (unpaired) electrons. The molecule has 1 aliphatic carbocycles. The van der Waals surface area contributed by atoms with Gasteiger partial charge < -0.3 is 15.0 Å². The SMILES string of the molecule is O=C(Cn1ccc(C(F)(F)F)n1)Nc1cncc(C(=O)c2cn(C3(CO)CC3)c3ncncc23)c1. The van der Waals surface area contributed by atoms with Crippen molar-refractivity contribution in [3.8, 4) is 0 Å². The van der Waals surface area contributed by atoms with Crippen LogP contribution < -0.4 is 5.32 Å². The van der Waals surface area contributed by atoms with E-state index in [1.165, 1.54) is 31.0 Å². The molecule has 180 valence electrons. The zero-order chi connectivity index (χ0) is 24.8. The Hall–Kier alpha value is -4.13. The van der Waals surface area contributed by atoms with Crippen LogP contribution in [-0.4, -0.2) is 52.7 Å². The van der Waals surface area contributed by atoms with E-state index in [1.807, 2.05) is 0 Å². The molecule has 1 fully saturated rings. The maximum atomic E-state index is 13.3. The van der Waals surface area contributed by atoms with E-state index >= 15 is 0 Å². The average molecular weight is 485 g/mol. The summed E-state index contributed by atoms with van der Waals surface area (Å²) in [7, 11) is 0. The maximum Gasteiger partial charge on any atom is 0.435 e. The fourth-order valence-electron chi connectivity index (χ4n) is 3.86. The number of carbonyl (C=O) groups excluding carboxylic acids is 2. The van der Waals surface area contributed by atoms with Gasteiger partial charge in [-0.05, 0) is 25.0 Å². The number of hydrogen-bond acceptors (Lipinski definition) is 7. The highest BCUT2D eigenvalue weighted by Crippen LogP contribution is 2.45. The first-order valence-electron chi connectivity index (χ1n) is 10.5. The van der Waals surface area contributed by atoms with Crippen LogP contribution in [0.25, 0.3) is 11.0 Å². The van der Waals surface area contributed by atoms with Crippen molar-refractivity contribution >= 4 is 28.4 Å². The molecule has 1 aliphatic rings. The maximum absolute atomic E-state index is 13.3. The molecule has 0 aliphatic heterocycles. The van der Waals surface area contributed by atoms with E-state index < -0.39 is 29.9 Å². The van der Waals surface area contributed by atoms with Gasteiger partial charge in [-0.25, -0.2) is 9.97 Å². The lowest BCUT2D eigenvalue weighted by atomic mass is 10.1. The minimum Gasteiger partial charge on any atom is -0.394 e. The monoisotopic (exact) mass is 485 g/mol. The van der Waals surface area contributed by atoms with Gasteiger partial charge in [0, 0.05) is 35.7 Å². The Balaban J connectivity index is 1.37. The van der Waals surface area contributed by atoms with Crippen molar-refractivity contribution < 1.29 is 27.9 Å². The fourth-order valence-corrected chi connectivity index (χ4v) is 3.86. The van der Waals surface area contributed by atoms with Gasteiger partial charge in [-0.1, -0.05) is 0 Å². The van der Waals surface area contributed by atoms with Crippen LogP contribution in [0.1, 0.15) is 34.5 Å². The number of aliphatic hydroxyl groups is 1. The van der Waals surface area contributed by atoms with Gasteiger partial charge in [-0.3, -0.25) is 19.3 Å². The molecule has 0 atom stereocenters. The lowest BCUT2D eigenvalue weighted by Crippen LogP contribution is -2.21. The van der Waals surface area contributed by atoms with Crippen LogP contribution in [0.3, 0.4) is 0 Å². The number of ketones is 1. The summed E-state index contributed by atoms with van der Waals surface area (Å²) in [4.78, 5) is 37.9. The Morgan fingerprint density at radius 1 is 1.17 bits per heavy atom. The number of nitrogens with zero attached hydrogens (tertiary/aromatic N) is 6. The third-order valence-corrected chi connectivity index (χ3v) is 5.87. The number of carbonyl (C=O) groups is 2. The first kappa shape index (κ1) is 22.7. The number of aliphatic hydroxyl groups excluding tert-OH is 1. The normalized spacial score (nSPS) is 14.7. The van der Waals surface area contributed by atoms with Crippen LogP contribution in [-0.2, 0) is 23.1 Å². The molecule has 13 heteroatoms. The predicted molar refractivity (Wildman–Crippen MR) is 115 cm³/mol. The average Bonchev–Trinajstić information content (AvgIpc) is 3.29. The number of amides is 1. The molecule has 4 aromatic heterocycles. The quantitative estimate of drug-likeness (QED) is 0.385. The second-order valence-electron chi connectivity index (χ2n) is 8.29. The number of rotatable bonds is 7. The van der Waals surface area contributed by atoms with Crippen LogP contribution in [0.4, 0.5) is 18.9 Å². The second kappa shape index (κ2) is 8.27. The minimum atomic E-state index is -4.61. The molecule has 10 nitrogen and oxygen atoms in total. The van der Waals surface area contributed by atoms with Gasteiger partial charge in [0.25, 0.3) is 0 Å². The van der Waals surface area contributed by atoms with Crippen molar-refractivity contribution in [3.05, 3.63) is 66.3 Å². The van der Waals surface area contributed by atoms with Crippen LogP contribution in [0, 0.1) is 0 Å². The molecule has 4 aromatic rings. The lowest BCUT2D eigenvalue weighted by Gasteiger charge is -2.14. The molecule has 4 heterocycles. The number of pyridine rings is 1. The molecule has 0 aromatic carbocycles. The predicted octanol–water partition coefficient (Wildman–Crippen LogP) is 2.39. The minimum absolute atomic E-state index is 0.0851. The molecule has 5 rings (SSSR count). The summed E-state index contributed by atoms with van der Waals surface area (Å²) in [6.07, 6.45) is 5.16. The van der Waals surface area contributed by atoms with Crippen LogP contribution in [0.2, 0.25) is 0 Å². The third-order valence-electron chi connectivity index (χ3n) is 5.87. The molecule has 1 amide bonds. The molecule has 35 heavy (non-hydrogen) atoms. The van der Waals surface area contributed by atoms with Crippen molar-refractivity contribution in [1.29, 1.82) is 0 Å². The van der Waals surface area contributed by atoms with Crippen LogP contribution >= 0.6 is 0 Å². The molecule has 2 N–H and O–H groups in total. The summed E-state index contributed by atoms with van der Waals surface area (Å²) in [6.45, 7) is -0.541. The van der Waals surface area contributed by atoms with E-state index in [0.717, 1.165) is 29.8 Å². The number of nitrogens with one attached hydrogen (secondary N) is 1. The highest BCUT2D eigenvalue weighted by atomic mass is 19.4. The standard InChI is InChI=1S/C22H18F3N7O3/c23-22(24,25)17-1-4-31(30-17)10-18(34)29-14-5-13(6-26-7-14)19(35)16-9-32(21(11-33)2-3-21)20-15(16)8-27-12-28-20/h1,4-9,12,33H,2-3,10-11H2,(H,29,34). The molecular formula is C22H18F3N7O3. The van der Waals surface area contributed by atoms with Crippen LogP contribution in [0.15, 0.2) is 49.4 Å². The fraction of sp³-hybridized carbons (Fsp3) is 0.273.